The summed E-state index contributed by atoms with van der Waals surface area (Å²) in [5, 5.41) is 0. The molecule has 0 aliphatic carbocycles. The number of esters is 1. The molecule has 15 heavy (non-hydrogen) atoms. The maximum atomic E-state index is 11.1. The number of carbonyl (C=O) groups excluding carboxylic acids is 1. The first kappa shape index (κ1) is 12.1. The molecule has 0 bridgehead atoms. The Bertz CT molecular complexity index is 334. The standard InChI is InChI=1S/C11H10Cl2O2/c12-10(13)8-15-11(14)7-6-9-4-2-1-3-5-9/h1-7,10H,8H2/b7-6+. The molecule has 0 saturated carbocycles. The van der Waals surface area contributed by atoms with E-state index in [2.05, 4.69) is 0 Å². The van der Waals surface area contributed by atoms with Crippen molar-refractivity contribution in [3.05, 3.63) is 42.0 Å². The van der Waals surface area contributed by atoms with Crippen molar-refractivity contribution in [2.45, 2.75) is 4.84 Å². The molecule has 0 aromatic heterocycles. The molecular formula is C11H10Cl2O2. The summed E-state index contributed by atoms with van der Waals surface area (Å²) in [6, 6.07) is 9.45. The summed E-state index contributed by atoms with van der Waals surface area (Å²) in [5.74, 6) is -0.454. The monoisotopic (exact) mass is 244 g/mol. The fraction of sp³-hybridized carbons (Fsp3) is 0.182. The summed E-state index contributed by atoms with van der Waals surface area (Å²) in [6.07, 6.45) is 3.01. The van der Waals surface area contributed by atoms with E-state index in [0.717, 1.165) is 5.56 Å². The third-order valence-corrected chi connectivity index (χ3v) is 1.81. The molecule has 0 aliphatic rings. The second-order valence-electron chi connectivity index (χ2n) is 2.77. The molecule has 2 nitrogen and oxygen atoms in total. The number of alkyl halides is 2. The van der Waals surface area contributed by atoms with Gasteiger partial charge in [0.1, 0.15) is 11.4 Å². The van der Waals surface area contributed by atoms with Crippen molar-refractivity contribution in [2.24, 2.45) is 0 Å². The molecule has 0 fully saturated rings. The first-order valence-corrected chi connectivity index (χ1v) is 5.24. The van der Waals surface area contributed by atoms with Gasteiger partial charge in [0, 0.05) is 6.08 Å². The van der Waals surface area contributed by atoms with Crippen molar-refractivity contribution in [3.8, 4) is 0 Å². The van der Waals surface area contributed by atoms with E-state index in [9.17, 15) is 4.79 Å². The summed E-state index contributed by atoms with van der Waals surface area (Å²) in [7, 11) is 0. The van der Waals surface area contributed by atoms with Gasteiger partial charge in [0.25, 0.3) is 0 Å². The van der Waals surface area contributed by atoms with Crippen LogP contribution in [0, 0.1) is 0 Å². The molecule has 0 unspecified atom stereocenters. The quantitative estimate of drug-likeness (QED) is 0.463. The zero-order chi connectivity index (χ0) is 11.1. The molecule has 0 N–H and O–H groups in total. The van der Waals surface area contributed by atoms with Crippen LogP contribution in [-0.4, -0.2) is 17.4 Å². The van der Waals surface area contributed by atoms with Gasteiger partial charge < -0.3 is 4.74 Å². The Morgan fingerprint density at radius 1 is 1.33 bits per heavy atom. The second kappa shape index (κ2) is 6.49. The molecule has 4 heteroatoms. The van der Waals surface area contributed by atoms with Crippen molar-refractivity contribution in [1.29, 1.82) is 0 Å². The second-order valence-corrected chi connectivity index (χ2v) is 4.04. The Labute approximate surface area is 98.4 Å². The van der Waals surface area contributed by atoms with Crippen LogP contribution in [0.3, 0.4) is 0 Å². The molecule has 0 spiro atoms. The zero-order valence-electron chi connectivity index (χ0n) is 7.90. The molecule has 0 heterocycles. The van der Waals surface area contributed by atoms with E-state index in [1.807, 2.05) is 30.3 Å². The Morgan fingerprint density at radius 3 is 2.60 bits per heavy atom. The zero-order valence-corrected chi connectivity index (χ0v) is 9.41. The van der Waals surface area contributed by atoms with Crippen LogP contribution in [0.15, 0.2) is 36.4 Å². The molecule has 80 valence electrons. The predicted octanol–water partition coefficient (Wildman–Crippen LogP) is 3.05. The number of carbonyl (C=O) groups is 1. The van der Waals surface area contributed by atoms with E-state index < -0.39 is 10.8 Å². The Balaban J connectivity index is 2.41. The van der Waals surface area contributed by atoms with Crippen molar-refractivity contribution >= 4 is 35.2 Å². The van der Waals surface area contributed by atoms with E-state index >= 15 is 0 Å². The first-order chi connectivity index (χ1) is 7.18. The number of hydrogen-bond donors (Lipinski definition) is 0. The van der Waals surface area contributed by atoms with Gasteiger partial charge in [-0.15, -0.1) is 23.2 Å². The van der Waals surface area contributed by atoms with Crippen LogP contribution >= 0.6 is 23.2 Å². The molecule has 1 rings (SSSR count). The summed E-state index contributed by atoms with van der Waals surface area (Å²) >= 11 is 10.8. The Kier molecular flexibility index (Phi) is 5.22. The van der Waals surface area contributed by atoms with Crippen molar-refractivity contribution in [2.75, 3.05) is 6.61 Å². The molecular weight excluding hydrogens is 235 g/mol. The molecule has 0 atom stereocenters. The summed E-state index contributed by atoms with van der Waals surface area (Å²) in [6.45, 7) is 0.00107. The lowest BCUT2D eigenvalue weighted by Crippen LogP contribution is -2.07. The predicted molar refractivity (Wildman–Crippen MR) is 61.9 cm³/mol. The Morgan fingerprint density at radius 2 is 2.00 bits per heavy atom. The van der Waals surface area contributed by atoms with E-state index in [-0.39, 0.29) is 6.61 Å². The van der Waals surface area contributed by atoms with Crippen molar-refractivity contribution in [1.82, 2.24) is 0 Å². The minimum Gasteiger partial charge on any atom is -0.460 e. The van der Waals surface area contributed by atoms with Gasteiger partial charge in [-0.05, 0) is 11.6 Å². The van der Waals surface area contributed by atoms with E-state index in [4.69, 9.17) is 27.9 Å². The van der Waals surface area contributed by atoms with Crippen LogP contribution in [-0.2, 0) is 9.53 Å². The topological polar surface area (TPSA) is 26.3 Å². The fourth-order valence-corrected chi connectivity index (χ4v) is 1.05. The molecule has 0 radical (unpaired) electrons. The van der Waals surface area contributed by atoms with Gasteiger partial charge in [-0.3, -0.25) is 0 Å². The molecule has 1 aromatic carbocycles. The normalized spacial score (nSPS) is 10.9. The van der Waals surface area contributed by atoms with Crippen LogP contribution in [0.1, 0.15) is 5.56 Å². The van der Waals surface area contributed by atoms with Gasteiger partial charge in [0.2, 0.25) is 0 Å². The molecule has 0 aliphatic heterocycles. The van der Waals surface area contributed by atoms with E-state index in [0.29, 0.717) is 0 Å². The number of hydrogen-bond acceptors (Lipinski definition) is 2. The number of ether oxygens (including phenoxy) is 1. The lowest BCUT2D eigenvalue weighted by Gasteiger charge is -2.00. The smallest absolute Gasteiger partial charge is 0.330 e. The maximum absolute atomic E-state index is 11.1. The fourth-order valence-electron chi connectivity index (χ4n) is 0.922. The average molecular weight is 245 g/mol. The SMILES string of the molecule is O=C(/C=C/c1ccccc1)OCC(Cl)Cl. The number of halogens is 2. The third kappa shape index (κ3) is 5.45. The van der Waals surface area contributed by atoms with Gasteiger partial charge >= 0.3 is 5.97 Å². The van der Waals surface area contributed by atoms with Crippen molar-refractivity contribution < 1.29 is 9.53 Å². The van der Waals surface area contributed by atoms with Crippen molar-refractivity contribution in [3.63, 3.8) is 0 Å². The van der Waals surface area contributed by atoms with Gasteiger partial charge in [0.05, 0.1) is 0 Å². The highest BCUT2D eigenvalue weighted by atomic mass is 35.5. The largest absolute Gasteiger partial charge is 0.460 e. The number of rotatable bonds is 4. The Hall–Kier alpha value is -0.990. The lowest BCUT2D eigenvalue weighted by molar-refractivity contribution is -0.137. The van der Waals surface area contributed by atoms with E-state index in [1.54, 1.807) is 6.08 Å². The summed E-state index contributed by atoms with van der Waals surface area (Å²) in [5.41, 5.74) is 0.933. The first-order valence-electron chi connectivity index (χ1n) is 4.36. The molecule has 0 saturated heterocycles. The summed E-state index contributed by atoms with van der Waals surface area (Å²) < 4.78 is 4.74. The van der Waals surface area contributed by atoms with Gasteiger partial charge in [0.15, 0.2) is 0 Å². The number of benzene rings is 1. The van der Waals surface area contributed by atoms with E-state index in [1.165, 1.54) is 6.08 Å². The minimum atomic E-state index is -0.681. The highest BCUT2D eigenvalue weighted by Crippen LogP contribution is 2.03. The van der Waals surface area contributed by atoms with Crippen LogP contribution in [0.5, 0.6) is 0 Å². The highest BCUT2D eigenvalue weighted by molar-refractivity contribution is 6.44. The average Bonchev–Trinajstić information content (AvgIpc) is 2.25. The summed E-state index contributed by atoms with van der Waals surface area (Å²) in [4.78, 5) is 10.4. The van der Waals surface area contributed by atoms with Gasteiger partial charge in [-0.25, -0.2) is 4.79 Å². The lowest BCUT2D eigenvalue weighted by atomic mass is 10.2. The minimum absolute atomic E-state index is 0.00107. The molecule has 1 aromatic rings. The van der Waals surface area contributed by atoms with Crippen LogP contribution < -0.4 is 0 Å². The maximum Gasteiger partial charge on any atom is 0.330 e. The van der Waals surface area contributed by atoms with Crippen LogP contribution in [0.25, 0.3) is 6.08 Å². The van der Waals surface area contributed by atoms with Crippen LogP contribution in [0.2, 0.25) is 0 Å². The molecule has 0 amide bonds. The van der Waals surface area contributed by atoms with Crippen LogP contribution in [0.4, 0.5) is 0 Å². The van der Waals surface area contributed by atoms with Gasteiger partial charge in [-0.1, -0.05) is 30.3 Å². The third-order valence-electron chi connectivity index (χ3n) is 1.56. The highest BCUT2D eigenvalue weighted by Gasteiger charge is 2.02. The van der Waals surface area contributed by atoms with Gasteiger partial charge in [-0.2, -0.15) is 0 Å².